The van der Waals surface area contributed by atoms with Crippen LogP contribution in [-0.4, -0.2) is 19.9 Å². The maximum atomic E-state index is 6.48. The van der Waals surface area contributed by atoms with Crippen molar-refractivity contribution < 1.29 is 4.42 Å². The predicted octanol–water partition coefficient (Wildman–Crippen LogP) is 11.3. The van der Waals surface area contributed by atoms with E-state index in [1.807, 2.05) is 54.9 Å². The molecule has 5 nitrogen and oxygen atoms in total. The van der Waals surface area contributed by atoms with Gasteiger partial charge in [-0.05, 0) is 63.0 Å². The van der Waals surface area contributed by atoms with E-state index in [1.54, 1.807) is 0 Å². The zero-order chi connectivity index (χ0) is 32.3. The number of hydrogen-bond acceptors (Lipinski definition) is 5. The number of hydrogen-bond donors (Lipinski definition) is 0. The van der Waals surface area contributed by atoms with Crippen molar-refractivity contribution in [3.05, 3.63) is 158 Å². The number of rotatable bonds is 4. The molecular formula is C44H26N4O. The molecule has 5 heteroatoms. The molecule has 0 aliphatic carbocycles. The summed E-state index contributed by atoms with van der Waals surface area (Å²) in [5.41, 5.74) is 6.68. The minimum Gasteiger partial charge on any atom is -0.455 e. The van der Waals surface area contributed by atoms with E-state index in [1.165, 1.54) is 10.8 Å². The Morgan fingerprint density at radius 1 is 0.408 bits per heavy atom. The largest absolute Gasteiger partial charge is 0.455 e. The zero-order valence-corrected chi connectivity index (χ0v) is 26.2. The number of pyridine rings is 1. The van der Waals surface area contributed by atoms with E-state index in [0.29, 0.717) is 17.5 Å². The van der Waals surface area contributed by atoms with E-state index < -0.39 is 0 Å². The van der Waals surface area contributed by atoms with Gasteiger partial charge in [0, 0.05) is 50.6 Å². The van der Waals surface area contributed by atoms with E-state index in [-0.39, 0.29) is 0 Å². The summed E-state index contributed by atoms with van der Waals surface area (Å²) in [5.74, 6) is 1.89. The second-order valence-electron chi connectivity index (χ2n) is 12.3. The quantitative estimate of drug-likeness (QED) is 0.182. The van der Waals surface area contributed by atoms with Crippen molar-refractivity contribution in [1.29, 1.82) is 0 Å². The lowest BCUT2D eigenvalue weighted by atomic mass is 9.96. The van der Waals surface area contributed by atoms with Gasteiger partial charge in [-0.25, -0.2) is 15.0 Å². The maximum Gasteiger partial charge on any atom is 0.164 e. The van der Waals surface area contributed by atoms with Gasteiger partial charge < -0.3 is 4.42 Å². The van der Waals surface area contributed by atoms with Crippen molar-refractivity contribution in [1.82, 2.24) is 19.9 Å². The van der Waals surface area contributed by atoms with Crippen LogP contribution in [-0.2, 0) is 0 Å². The van der Waals surface area contributed by atoms with Gasteiger partial charge in [0.1, 0.15) is 11.2 Å². The van der Waals surface area contributed by atoms with Crippen molar-refractivity contribution in [3.8, 4) is 45.3 Å². The Kier molecular flexibility index (Phi) is 6.11. The van der Waals surface area contributed by atoms with E-state index in [2.05, 4.69) is 108 Å². The first-order chi connectivity index (χ1) is 24.3. The Hall–Kier alpha value is -6.72. The van der Waals surface area contributed by atoms with Crippen LogP contribution < -0.4 is 0 Å². The van der Waals surface area contributed by atoms with Crippen LogP contribution in [0.3, 0.4) is 0 Å². The summed E-state index contributed by atoms with van der Waals surface area (Å²) >= 11 is 0. The monoisotopic (exact) mass is 626 g/mol. The lowest BCUT2D eigenvalue weighted by Gasteiger charge is -2.13. The van der Waals surface area contributed by atoms with Crippen LogP contribution in [0.1, 0.15) is 0 Å². The molecule has 0 fully saturated rings. The molecule has 0 radical (unpaired) electrons. The highest BCUT2D eigenvalue weighted by molar-refractivity contribution is 6.19. The second-order valence-corrected chi connectivity index (χ2v) is 12.3. The molecule has 0 amide bonds. The standard InChI is InChI=1S/C44H26N4O/c1-2-10-27(11-3-1)42-46-43(48-44(47-42)38-25-29-12-4-5-15-32(29)35-16-6-7-17-36(35)38)30-14-8-13-28(24-30)33-18-9-19-39-40(33)37-21-20-31-26-45-23-22-34(31)41(37)49-39/h1-26H. The van der Waals surface area contributed by atoms with Crippen LogP contribution in [0.25, 0.3) is 99.5 Å². The number of benzene rings is 7. The minimum atomic E-state index is 0.616. The SMILES string of the molecule is c1ccc(-c2nc(-c3cccc(-c4cccc5oc6c7ccncc7ccc6c45)c3)nc(-c3cc4ccccc4c4ccccc34)n2)cc1. The third-order valence-electron chi connectivity index (χ3n) is 9.39. The van der Waals surface area contributed by atoms with E-state index >= 15 is 0 Å². The van der Waals surface area contributed by atoms with Crippen molar-refractivity contribution in [2.75, 3.05) is 0 Å². The summed E-state index contributed by atoms with van der Waals surface area (Å²) in [6.07, 6.45) is 3.69. The van der Waals surface area contributed by atoms with Gasteiger partial charge in [0.25, 0.3) is 0 Å². The van der Waals surface area contributed by atoms with Gasteiger partial charge in [-0.1, -0.05) is 115 Å². The topological polar surface area (TPSA) is 64.7 Å². The summed E-state index contributed by atoms with van der Waals surface area (Å²) in [6.45, 7) is 0. The van der Waals surface area contributed by atoms with Gasteiger partial charge in [-0.3, -0.25) is 4.98 Å². The van der Waals surface area contributed by atoms with E-state index in [9.17, 15) is 0 Å². The highest BCUT2D eigenvalue weighted by Gasteiger charge is 2.18. The molecule has 0 atom stereocenters. The zero-order valence-electron chi connectivity index (χ0n) is 26.2. The van der Waals surface area contributed by atoms with Crippen LogP contribution in [0.4, 0.5) is 0 Å². The molecule has 10 aromatic rings. The first-order valence-corrected chi connectivity index (χ1v) is 16.3. The average molecular weight is 627 g/mol. The molecule has 0 saturated carbocycles. The first-order valence-electron chi connectivity index (χ1n) is 16.3. The lowest BCUT2D eigenvalue weighted by Crippen LogP contribution is -2.01. The molecule has 0 N–H and O–H groups in total. The molecule has 10 rings (SSSR count). The van der Waals surface area contributed by atoms with Gasteiger partial charge in [-0.2, -0.15) is 0 Å². The second kappa shape index (κ2) is 10.9. The summed E-state index contributed by atoms with van der Waals surface area (Å²) in [5, 5.41) is 8.89. The highest BCUT2D eigenvalue weighted by atomic mass is 16.3. The Morgan fingerprint density at radius 3 is 2.02 bits per heavy atom. The van der Waals surface area contributed by atoms with E-state index in [4.69, 9.17) is 19.4 Å². The fraction of sp³-hybridized carbons (Fsp3) is 0. The van der Waals surface area contributed by atoms with Gasteiger partial charge in [0.15, 0.2) is 17.5 Å². The van der Waals surface area contributed by atoms with Crippen LogP contribution in [0.15, 0.2) is 162 Å². The van der Waals surface area contributed by atoms with Crippen LogP contribution in [0.2, 0.25) is 0 Å². The molecule has 228 valence electrons. The molecular weight excluding hydrogens is 601 g/mol. The summed E-state index contributed by atoms with van der Waals surface area (Å²) < 4.78 is 6.48. The van der Waals surface area contributed by atoms with Gasteiger partial charge in [0.05, 0.1) is 0 Å². The van der Waals surface area contributed by atoms with Gasteiger partial charge >= 0.3 is 0 Å². The van der Waals surface area contributed by atoms with Crippen molar-refractivity contribution >= 4 is 54.3 Å². The third-order valence-corrected chi connectivity index (χ3v) is 9.39. The Morgan fingerprint density at radius 2 is 1.12 bits per heavy atom. The summed E-state index contributed by atoms with van der Waals surface area (Å²) in [6, 6.07) is 50.2. The molecule has 7 aromatic carbocycles. The smallest absolute Gasteiger partial charge is 0.164 e. The predicted molar refractivity (Wildman–Crippen MR) is 199 cm³/mol. The van der Waals surface area contributed by atoms with Crippen molar-refractivity contribution in [3.63, 3.8) is 0 Å². The number of aromatic nitrogens is 4. The Balaban J connectivity index is 1.19. The summed E-state index contributed by atoms with van der Waals surface area (Å²) in [7, 11) is 0. The Labute approximate surface area is 281 Å². The molecule has 0 aliphatic rings. The molecule has 49 heavy (non-hydrogen) atoms. The fourth-order valence-electron chi connectivity index (χ4n) is 7.10. The molecule has 0 spiro atoms. The first kappa shape index (κ1) is 27.4. The molecule has 3 aromatic heterocycles. The van der Waals surface area contributed by atoms with Gasteiger partial charge in [-0.15, -0.1) is 0 Å². The highest BCUT2D eigenvalue weighted by Crippen LogP contribution is 2.40. The summed E-state index contributed by atoms with van der Waals surface area (Å²) in [4.78, 5) is 19.6. The maximum absolute atomic E-state index is 6.48. The van der Waals surface area contributed by atoms with Crippen LogP contribution in [0, 0.1) is 0 Å². The molecule has 0 bridgehead atoms. The fourth-order valence-corrected chi connectivity index (χ4v) is 7.10. The lowest BCUT2D eigenvalue weighted by molar-refractivity contribution is 0.672. The Bertz CT molecular complexity index is 2890. The molecule has 0 saturated heterocycles. The van der Waals surface area contributed by atoms with Crippen molar-refractivity contribution in [2.45, 2.75) is 0 Å². The third kappa shape index (κ3) is 4.48. The van der Waals surface area contributed by atoms with Gasteiger partial charge in [0.2, 0.25) is 0 Å². The van der Waals surface area contributed by atoms with Crippen LogP contribution >= 0.6 is 0 Å². The number of nitrogens with zero attached hydrogens (tertiary/aromatic N) is 4. The molecule has 3 heterocycles. The molecule has 0 unspecified atom stereocenters. The normalized spacial score (nSPS) is 11.7. The number of furan rings is 1. The number of fused-ring (bicyclic) bond motifs is 8. The van der Waals surface area contributed by atoms with Crippen LogP contribution in [0.5, 0.6) is 0 Å². The minimum absolute atomic E-state index is 0.616. The molecule has 0 aliphatic heterocycles. The van der Waals surface area contributed by atoms with Crippen molar-refractivity contribution in [2.24, 2.45) is 0 Å². The average Bonchev–Trinajstić information content (AvgIpc) is 3.57. The van der Waals surface area contributed by atoms with E-state index in [0.717, 1.165) is 71.3 Å².